The number of hydrogen-bond acceptors (Lipinski definition) is 5. The standard InChI is InChI=1S/C30H37N3O4S/c1-17(2)21(16-34)33-25(27(36)32-24-18(3)10-9-11-19(24)4)30-15-14-29(5,38-30)22(23(30)28(33)37)26(35)31-20-12-7-6-8-13-20/h6-13,17,21-23,25,34H,14-16H2,1-5H3,(H,31,35)(H,32,36)/t21-,22-,23-,25?,29+,30?/m0/s1. The maximum Gasteiger partial charge on any atom is 0.248 e. The van der Waals surface area contributed by atoms with Gasteiger partial charge in [0, 0.05) is 16.1 Å². The second-order valence-electron chi connectivity index (χ2n) is 11.6. The molecule has 2 aromatic carbocycles. The number of anilines is 2. The monoisotopic (exact) mass is 535 g/mol. The Morgan fingerprint density at radius 1 is 1.03 bits per heavy atom. The van der Waals surface area contributed by atoms with Crippen LogP contribution in [0.1, 0.15) is 44.7 Å². The fourth-order valence-electron chi connectivity index (χ4n) is 6.99. The van der Waals surface area contributed by atoms with Gasteiger partial charge in [-0.3, -0.25) is 14.4 Å². The Morgan fingerprint density at radius 2 is 1.68 bits per heavy atom. The second-order valence-corrected chi connectivity index (χ2v) is 13.5. The van der Waals surface area contributed by atoms with Crippen LogP contribution < -0.4 is 10.6 Å². The zero-order valence-electron chi connectivity index (χ0n) is 22.7. The van der Waals surface area contributed by atoms with Crippen LogP contribution in [0.3, 0.4) is 0 Å². The van der Waals surface area contributed by atoms with Crippen LogP contribution >= 0.6 is 11.8 Å². The summed E-state index contributed by atoms with van der Waals surface area (Å²) in [4.78, 5) is 44.0. The van der Waals surface area contributed by atoms with Gasteiger partial charge in [-0.05, 0) is 62.8 Å². The van der Waals surface area contributed by atoms with Crippen molar-refractivity contribution >= 4 is 40.9 Å². The molecule has 8 heteroatoms. The van der Waals surface area contributed by atoms with Crippen LogP contribution in [-0.4, -0.2) is 55.9 Å². The van der Waals surface area contributed by atoms with Gasteiger partial charge in [-0.15, -0.1) is 11.8 Å². The highest BCUT2D eigenvalue weighted by molar-refractivity contribution is 8.02. The molecule has 3 fully saturated rings. The number of fused-ring (bicyclic) bond motifs is 1. The molecule has 2 bridgehead atoms. The summed E-state index contributed by atoms with van der Waals surface area (Å²) in [5.74, 6) is -1.93. The third kappa shape index (κ3) is 4.04. The van der Waals surface area contributed by atoms with Crippen LogP contribution in [0.25, 0.3) is 0 Å². The minimum atomic E-state index is -0.792. The topological polar surface area (TPSA) is 98.7 Å². The zero-order chi connectivity index (χ0) is 27.4. The van der Waals surface area contributed by atoms with Crippen molar-refractivity contribution in [3.05, 3.63) is 59.7 Å². The third-order valence-corrected chi connectivity index (χ3v) is 10.8. The Hall–Kier alpha value is -2.84. The summed E-state index contributed by atoms with van der Waals surface area (Å²) in [7, 11) is 0. The largest absolute Gasteiger partial charge is 0.394 e. The molecule has 5 rings (SSSR count). The van der Waals surface area contributed by atoms with Gasteiger partial charge in [-0.1, -0.05) is 50.2 Å². The number of nitrogens with zero attached hydrogens (tertiary/aromatic N) is 1. The molecule has 6 atom stereocenters. The first-order valence-corrected chi connectivity index (χ1v) is 14.2. The molecule has 38 heavy (non-hydrogen) atoms. The molecule has 2 unspecified atom stereocenters. The number of carbonyl (C=O) groups excluding carboxylic acids is 3. The normalized spacial score (nSPS) is 30.4. The van der Waals surface area contributed by atoms with Crippen molar-refractivity contribution in [3.8, 4) is 0 Å². The number of likely N-dealkylation sites (tertiary alicyclic amines) is 1. The molecular weight excluding hydrogens is 498 g/mol. The van der Waals surface area contributed by atoms with Gasteiger partial charge in [0.15, 0.2) is 0 Å². The number of benzene rings is 2. The quantitative estimate of drug-likeness (QED) is 0.489. The first-order chi connectivity index (χ1) is 18.0. The van der Waals surface area contributed by atoms with E-state index in [1.54, 1.807) is 16.7 Å². The Bertz CT molecular complexity index is 1250. The molecule has 3 heterocycles. The fourth-order valence-corrected chi connectivity index (χ4v) is 9.33. The molecule has 7 nitrogen and oxygen atoms in total. The van der Waals surface area contributed by atoms with Gasteiger partial charge < -0.3 is 20.6 Å². The predicted molar refractivity (Wildman–Crippen MR) is 151 cm³/mol. The minimum absolute atomic E-state index is 0.0657. The number of aliphatic hydroxyl groups excluding tert-OH is 1. The Kier molecular flexibility index (Phi) is 6.84. The first-order valence-electron chi connectivity index (χ1n) is 13.4. The molecule has 3 amide bonds. The number of aryl methyl sites for hydroxylation is 2. The number of amides is 3. The van der Waals surface area contributed by atoms with Crippen LogP contribution in [0.4, 0.5) is 11.4 Å². The van der Waals surface area contributed by atoms with E-state index in [1.165, 1.54) is 0 Å². The first kappa shape index (κ1) is 26.8. The van der Waals surface area contributed by atoms with Crippen molar-refractivity contribution in [1.82, 2.24) is 4.90 Å². The molecular formula is C30H37N3O4S. The van der Waals surface area contributed by atoms with E-state index in [4.69, 9.17) is 0 Å². The Morgan fingerprint density at radius 3 is 2.29 bits per heavy atom. The van der Waals surface area contributed by atoms with E-state index in [1.807, 2.05) is 76.2 Å². The number of hydrogen-bond donors (Lipinski definition) is 3. The zero-order valence-corrected chi connectivity index (χ0v) is 23.5. The summed E-state index contributed by atoms with van der Waals surface area (Å²) in [6.07, 6.45) is 1.40. The van der Waals surface area contributed by atoms with Crippen molar-refractivity contribution in [3.63, 3.8) is 0 Å². The molecule has 3 aliphatic heterocycles. The number of carbonyl (C=O) groups is 3. The van der Waals surface area contributed by atoms with Crippen LogP contribution in [-0.2, 0) is 14.4 Å². The molecule has 3 saturated heterocycles. The van der Waals surface area contributed by atoms with Gasteiger partial charge in [0.25, 0.3) is 0 Å². The molecule has 0 aliphatic carbocycles. The number of aliphatic hydroxyl groups is 1. The van der Waals surface area contributed by atoms with E-state index in [0.29, 0.717) is 12.1 Å². The van der Waals surface area contributed by atoms with E-state index < -0.39 is 33.4 Å². The van der Waals surface area contributed by atoms with Gasteiger partial charge in [0.1, 0.15) is 6.04 Å². The summed E-state index contributed by atoms with van der Waals surface area (Å²) in [6.45, 7) is 9.61. The van der Waals surface area contributed by atoms with Gasteiger partial charge in [0.2, 0.25) is 17.7 Å². The summed E-state index contributed by atoms with van der Waals surface area (Å²) in [6, 6.07) is 13.8. The van der Waals surface area contributed by atoms with Crippen LogP contribution in [0.15, 0.2) is 48.5 Å². The smallest absolute Gasteiger partial charge is 0.248 e. The molecule has 3 aliphatic rings. The number of para-hydroxylation sites is 2. The lowest BCUT2D eigenvalue weighted by Crippen LogP contribution is -2.56. The van der Waals surface area contributed by atoms with Crippen LogP contribution in [0.5, 0.6) is 0 Å². The maximum atomic E-state index is 14.3. The van der Waals surface area contributed by atoms with Crippen molar-refractivity contribution in [2.45, 2.75) is 69.0 Å². The molecule has 202 valence electrons. The Labute approximate surface area is 228 Å². The second kappa shape index (κ2) is 9.72. The van der Waals surface area contributed by atoms with E-state index >= 15 is 0 Å². The molecule has 3 N–H and O–H groups in total. The predicted octanol–water partition coefficient (Wildman–Crippen LogP) is 4.38. The lowest BCUT2D eigenvalue weighted by Gasteiger charge is -2.38. The summed E-state index contributed by atoms with van der Waals surface area (Å²) >= 11 is 1.64. The third-order valence-electron chi connectivity index (χ3n) is 8.83. The summed E-state index contributed by atoms with van der Waals surface area (Å²) in [5, 5.41) is 16.6. The van der Waals surface area contributed by atoms with E-state index in [0.717, 1.165) is 23.2 Å². The molecule has 0 aromatic heterocycles. The van der Waals surface area contributed by atoms with Gasteiger partial charge >= 0.3 is 0 Å². The van der Waals surface area contributed by atoms with E-state index in [-0.39, 0.29) is 30.2 Å². The van der Waals surface area contributed by atoms with Crippen molar-refractivity contribution in [1.29, 1.82) is 0 Å². The Balaban J connectivity index is 1.57. The van der Waals surface area contributed by atoms with Crippen molar-refractivity contribution in [2.24, 2.45) is 17.8 Å². The highest BCUT2D eigenvalue weighted by Crippen LogP contribution is 2.71. The summed E-state index contributed by atoms with van der Waals surface area (Å²) < 4.78 is -1.21. The average molecular weight is 536 g/mol. The number of thioether (sulfide) groups is 1. The fraction of sp³-hybridized carbons (Fsp3) is 0.500. The van der Waals surface area contributed by atoms with Gasteiger partial charge in [-0.2, -0.15) is 0 Å². The minimum Gasteiger partial charge on any atom is -0.394 e. The number of rotatable bonds is 7. The molecule has 0 saturated carbocycles. The molecule has 1 spiro atoms. The highest BCUT2D eigenvalue weighted by Gasteiger charge is 2.77. The van der Waals surface area contributed by atoms with E-state index in [9.17, 15) is 19.5 Å². The van der Waals surface area contributed by atoms with Gasteiger partial charge in [0.05, 0.1) is 29.2 Å². The summed E-state index contributed by atoms with van der Waals surface area (Å²) in [5.41, 5.74) is 3.32. The van der Waals surface area contributed by atoms with Crippen molar-refractivity contribution < 1.29 is 19.5 Å². The SMILES string of the molecule is Cc1cccc(C)c1NC(=O)C1N([C@@H](CO)C(C)C)C(=O)[C@@H]2[C@@H](C(=O)Nc3ccccc3)[C@@]3(C)CCC12S3. The van der Waals surface area contributed by atoms with E-state index in [2.05, 4.69) is 17.6 Å². The number of nitrogens with one attached hydrogen (secondary N) is 2. The van der Waals surface area contributed by atoms with Crippen molar-refractivity contribution in [2.75, 3.05) is 17.2 Å². The lowest BCUT2D eigenvalue weighted by molar-refractivity contribution is -0.142. The molecule has 2 aromatic rings. The van der Waals surface area contributed by atoms with Gasteiger partial charge in [-0.25, -0.2) is 0 Å². The van der Waals surface area contributed by atoms with Crippen LogP contribution in [0.2, 0.25) is 0 Å². The highest BCUT2D eigenvalue weighted by atomic mass is 32.2. The lowest BCUT2D eigenvalue weighted by atomic mass is 9.66. The van der Waals surface area contributed by atoms with Crippen LogP contribution in [0, 0.1) is 31.6 Å². The maximum absolute atomic E-state index is 14.3. The molecule has 0 radical (unpaired) electrons. The average Bonchev–Trinajstić information content (AvgIpc) is 3.43.